The van der Waals surface area contributed by atoms with Gasteiger partial charge in [-0.05, 0) is 31.2 Å². The average Bonchev–Trinajstić information content (AvgIpc) is 3.55. The first-order chi connectivity index (χ1) is 16.6. The van der Waals surface area contributed by atoms with Crippen molar-refractivity contribution in [3.8, 4) is 0 Å². The van der Waals surface area contributed by atoms with Gasteiger partial charge in [-0.25, -0.2) is 9.37 Å². The van der Waals surface area contributed by atoms with Crippen molar-refractivity contribution in [3.63, 3.8) is 0 Å². The molecule has 0 saturated heterocycles. The minimum Gasteiger partial charge on any atom is -0.382 e. The fraction of sp³-hybridized carbons (Fsp3) is 0.143. The third kappa shape index (κ3) is 4.86. The SMILES string of the molecule is CC(C(N)=O)N(c1ccc(F)cc1)c1nc(N)c(C(=O)c2cc(C(=O)Nc3cnn(C)c3)no2)s1. The fourth-order valence-electron chi connectivity index (χ4n) is 3.10. The van der Waals surface area contributed by atoms with Gasteiger partial charge in [0.15, 0.2) is 10.8 Å². The molecule has 0 aliphatic carbocycles. The van der Waals surface area contributed by atoms with Crippen molar-refractivity contribution in [1.29, 1.82) is 0 Å². The van der Waals surface area contributed by atoms with E-state index in [9.17, 15) is 18.8 Å². The van der Waals surface area contributed by atoms with Crippen molar-refractivity contribution >= 4 is 51.3 Å². The van der Waals surface area contributed by atoms with Gasteiger partial charge in [-0.3, -0.25) is 19.1 Å². The van der Waals surface area contributed by atoms with Crippen LogP contribution in [0.5, 0.6) is 0 Å². The molecule has 4 aromatic rings. The monoisotopic (exact) mass is 498 g/mol. The van der Waals surface area contributed by atoms with Crippen LogP contribution in [0.25, 0.3) is 0 Å². The quantitative estimate of drug-likeness (QED) is 0.307. The van der Waals surface area contributed by atoms with E-state index in [4.69, 9.17) is 16.0 Å². The second-order valence-corrected chi connectivity index (χ2v) is 8.38. The van der Waals surface area contributed by atoms with E-state index in [-0.39, 0.29) is 27.3 Å². The molecule has 4 rings (SSSR count). The van der Waals surface area contributed by atoms with Crippen LogP contribution in [-0.4, -0.2) is 43.6 Å². The highest BCUT2D eigenvalue weighted by molar-refractivity contribution is 7.18. The fourth-order valence-corrected chi connectivity index (χ4v) is 4.13. The van der Waals surface area contributed by atoms with Gasteiger partial charge in [-0.15, -0.1) is 0 Å². The number of aromatic nitrogens is 4. The van der Waals surface area contributed by atoms with Gasteiger partial charge in [-0.2, -0.15) is 5.10 Å². The second-order valence-electron chi connectivity index (χ2n) is 7.40. The Morgan fingerprint density at radius 3 is 2.60 bits per heavy atom. The van der Waals surface area contributed by atoms with Gasteiger partial charge in [0.1, 0.15) is 22.6 Å². The van der Waals surface area contributed by atoms with Crippen LogP contribution in [0.2, 0.25) is 0 Å². The molecule has 1 aromatic carbocycles. The Bertz CT molecular complexity index is 1410. The number of amides is 2. The smallest absolute Gasteiger partial charge is 0.277 e. The van der Waals surface area contributed by atoms with Crippen LogP contribution < -0.4 is 21.7 Å². The number of rotatable bonds is 8. The third-order valence-corrected chi connectivity index (χ3v) is 5.96. The van der Waals surface area contributed by atoms with E-state index >= 15 is 0 Å². The summed E-state index contributed by atoms with van der Waals surface area (Å²) in [7, 11) is 1.69. The topological polar surface area (TPSA) is 175 Å². The number of anilines is 4. The number of nitrogens with one attached hydrogen (secondary N) is 1. The Hall–Kier alpha value is -4.59. The molecule has 14 heteroatoms. The number of nitrogen functional groups attached to an aromatic ring is 1. The average molecular weight is 499 g/mol. The predicted octanol–water partition coefficient (Wildman–Crippen LogP) is 2.08. The Balaban J connectivity index is 1.60. The second kappa shape index (κ2) is 9.34. The first-order valence-electron chi connectivity index (χ1n) is 10.1. The summed E-state index contributed by atoms with van der Waals surface area (Å²) < 4.78 is 20.0. The van der Waals surface area contributed by atoms with Crippen LogP contribution in [0, 0.1) is 5.82 Å². The lowest BCUT2D eigenvalue weighted by atomic mass is 10.2. The van der Waals surface area contributed by atoms with Crippen LogP contribution in [0.4, 0.5) is 26.7 Å². The Kier molecular flexibility index (Phi) is 6.29. The van der Waals surface area contributed by atoms with Gasteiger partial charge < -0.3 is 26.2 Å². The van der Waals surface area contributed by atoms with E-state index < -0.39 is 29.5 Å². The van der Waals surface area contributed by atoms with Gasteiger partial charge in [0.25, 0.3) is 5.91 Å². The van der Waals surface area contributed by atoms with Crippen LogP contribution in [0.1, 0.15) is 32.8 Å². The number of primary amides is 1. The molecule has 0 radical (unpaired) electrons. The predicted molar refractivity (Wildman–Crippen MR) is 125 cm³/mol. The van der Waals surface area contributed by atoms with Crippen LogP contribution >= 0.6 is 11.3 Å². The number of benzene rings is 1. The van der Waals surface area contributed by atoms with Gasteiger partial charge in [0.2, 0.25) is 17.5 Å². The maximum atomic E-state index is 13.4. The van der Waals surface area contributed by atoms with Crippen molar-refractivity contribution in [2.75, 3.05) is 16.0 Å². The Labute approximate surface area is 201 Å². The summed E-state index contributed by atoms with van der Waals surface area (Å²) >= 11 is 0.878. The molecule has 1 unspecified atom stereocenters. The van der Waals surface area contributed by atoms with Crippen molar-refractivity contribution in [3.05, 3.63) is 64.9 Å². The van der Waals surface area contributed by atoms with Crippen molar-refractivity contribution in [2.24, 2.45) is 12.8 Å². The minimum absolute atomic E-state index is 0.000787. The molecule has 12 nitrogen and oxygen atoms in total. The molecule has 2 amide bonds. The highest BCUT2D eigenvalue weighted by Crippen LogP contribution is 2.36. The zero-order chi connectivity index (χ0) is 25.3. The molecule has 180 valence electrons. The van der Waals surface area contributed by atoms with Crippen LogP contribution in [0.15, 0.2) is 47.2 Å². The molecule has 3 heterocycles. The first-order valence-corrected chi connectivity index (χ1v) is 10.9. The number of nitrogens with zero attached hydrogens (tertiary/aromatic N) is 5. The molecular weight excluding hydrogens is 479 g/mol. The van der Waals surface area contributed by atoms with E-state index in [1.807, 2.05) is 0 Å². The number of ketones is 1. The number of nitrogens with two attached hydrogens (primary N) is 2. The highest BCUT2D eigenvalue weighted by Gasteiger charge is 2.29. The number of aryl methyl sites for hydroxylation is 1. The van der Waals surface area contributed by atoms with E-state index in [2.05, 4.69) is 20.6 Å². The summed E-state index contributed by atoms with van der Waals surface area (Å²) in [6.45, 7) is 1.54. The van der Waals surface area contributed by atoms with Gasteiger partial charge >= 0.3 is 0 Å². The summed E-state index contributed by atoms with van der Waals surface area (Å²) in [4.78, 5) is 43.0. The molecule has 5 N–H and O–H groups in total. The van der Waals surface area contributed by atoms with Crippen molar-refractivity contribution < 1.29 is 23.3 Å². The van der Waals surface area contributed by atoms with E-state index in [1.165, 1.54) is 53.0 Å². The lowest BCUT2D eigenvalue weighted by Crippen LogP contribution is -2.39. The summed E-state index contributed by atoms with van der Waals surface area (Å²) in [5.74, 6) is -2.77. The van der Waals surface area contributed by atoms with Crippen molar-refractivity contribution in [2.45, 2.75) is 13.0 Å². The van der Waals surface area contributed by atoms with E-state index in [0.717, 1.165) is 11.3 Å². The Morgan fingerprint density at radius 1 is 1.26 bits per heavy atom. The zero-order valence-corrected chi connectivity index (χ0v) is 19.2. The third-order valence-electron chi connectivity index (χ3n) is 4.89. The summed E-state index contributed by atoms with van der Waals surface area (Å²) in [5.41, 5.74) is 12.2. The zero-order valence-electron chi connectivity index (χ0n) is 18.4. The molecular formula is C21H19FN8O4S. The van der Waals surface area contributed by atoms with Gasteiger partial charge in [-0.1, -0.05) is 16.5 Å². The normalized spacial score (nSPS) is 11.7. The molecule has 1 atom stereocenters. The molecule has 0 spiro atoms. The lowest BCUT2D eigenvalue weighted by Gasteiger charge is -2.26. The summed E-state index contributed by atoms with van der Waals surface area (Å²) in [6, 6.07) is 5.60. The molecule has 35 heavy (non-hydrogen) atoms. The van der Waals surface area contributed by atoms with Gasteiger partial charge in [0.05, 0.1) is 11.9 Å². The number of halogens is 1. The summed E-state index contributed by atoms with van der Waals surface area (Å²) in [6.07, 6.45) is 3.03. The number of thiazole rings is 1. The number of hydrogen-bond acceptors (Lipinski definition) is 10. The molecule has 0 bridgehead atoms. The minimum atomic E-state index is -0.887. The summed E-state index contributed by atoms with van der Waals surface area (Å²) in [5, 5.41) is 10.3. The lowest BCUT2D eigenvalue weighted by molar-refractivity contribution is -0.118. The number of hydrogen-bond donors (Lipinski definition) is 3. The highest BCUT2D eigenvalue weighted by atomic mass is 32.1. The standard InChI is InChI=1S/C21H19FN8O4S/c1-10(19(24)32)30(13-5-3-11(22)4-6-13)21-27-18(23)17(35-21)16(31)15-7-14(28-34-15)20(33)26-12-8-25-29(2)9-12/h3-10H,23H2,1-2H3,(H2,24,32)(H,26,33). The Morgan fingerprint density at radius 2 is 1.97 bits per heavy atom. The largest absolute Gasteiger partial charge is 0.382 e. The van der Waals surface area contributed by atoms with Gasteiger partial charge in [0, 0.05) is 25.0 Å². The molecule has 0 aliphatic rings. The van der Waals surface area contributed by atoms with E-state index in [0.29, 0.717) is 11.4 Å². The molecule has 0 aliphatic heterocycles. The van der Waals surface area contributed by atoms with E-state index in [1.54, 1.807) is 13.2 Å². The molecule has 0 fully saturated rings. The van der Waals surface area contributed by atoms with Crippen LogP contribution in [-0.2, 0) is 11.8 Å². The number of carbonyl (C=O) groups excluding carboxylic acids is 3. The number of carbonyl (C=O) groups is 3. The maximum Gasteiger partial charge on any atom is 0.277 e. The molecule has 0 saturated carbocycles. The molecule has 3 aromatic heterocycles. The van der Waals surface area contributed by atoms with Crippen molar-refractivity contribution in [1.82, 2.24) is 19.9 Å². The van der Waals surface area contributed by atoms with Crippen LogP contribution in [0.3, 0.4) is 0 Å². The first kappa shape index (κ1) is 23.6. The maximum absolute atomic E-state index is 13.4.